The Balaban J connectivity index is 1.85. The van der Waals surface area contributed by atoms with Crippen LogP contribution in [-0.2, 0) is 9.53 Å². The number of piperidine rings is 1. The van der Waals surface area contributed by atoms with Gasteiger partial charge in [0, 0.05) is 29.7 Å². The molecule has 1 N–H and O–H groups in total. The van der Waals surface area contributed by atoms with E-state index in [1.807, 2.05) is 32.9 Å². The zero-order chi connectivity index (χ0) is 16.0. The summed E-state index contributed by atoms with van der Waals surface area (Å²) in [6, 6.07) is 0. The number of hydrogen-bond donors (Lipinski definition) is 1. The molecular weight excluding hydrogens is 280 g/mol. The molecule has 0 bridgehead atoms. The van der Waals surface area contributed by atoms with Gasteiger partial charge in [-0.1, -0.05) is 12.2 Å². The lowest BCUT2D eigenvalue weighted by Crippen LogP contribution is -2.41. The number of hydrogen-bond acceptors (Lipinski definition) is 4. The normalized spacial score (nSPS) is 24.0. The van der Waals surface area contributed by atoms with Crippen molar-refractivity contribution in [3.05, 3.63) is 23.4 Å². The molecule has 0 saturated carbocycles. The third kappa shape index (κ3) is 2.58. The fourth-order valence-electron chi connectivity index (χ4n) is 3.52. The molecule has 0 aromatic heterocycles. The molecule has 0 atom stereocenters. The molecule has 3 aliphatic rings. The molecule has 0 unspecified atom stereocenters. The van der Waals surface area contributed by atoms with Crippen molar-refractivity contribution >= 4 is 11.9 Å². The Bertz CT molecular complexity index is 563. The molecule has 2 heterocycles. The van der Waals surface area contributed by atoms with E-state index in [1.54, 1.807) is 4.90 Å². The molecule has 1 fully saturated rings. The smallest absolute Gasteiger partial charge is 0.414 e. The topological polar surface area (TPSA) is 58.6 Å². The first kappa shape index (κ1) is 15.3. The Morgan fingerprint density at radius 2 is 2.00 bits per heavy atom. The average Bonchev–Trinajstić information content (AvgIpc) is 2.71. The van der Waals surface area contributed by atoms with Crippen LogP contribution in [0.25, 0.3) is 0 Å². The van der Waals surface area contributed by atoms with Gasteiger partial charge in [0.25, 0.3) is 0 Å². The van der Waals surface area contributed by atoms with Crippen LogP contribution in [0.3, 0.4) is 0 Å². The van der Waals surface area contributed by atoms with Crippen LogP contribution < -0.4 is 5.32 Å². The lowest BCUT2D eigenvalue weighted by atomic mass is 9.75. The molecule has 5 heteroatoms. The van der Waals surface area contributed by atoms with E-state index in [9.17, 15) is 9.59 Å². The van der Waals surface area contributed by atoms with Crippen molar-refractivity contribution in [2.24, 2.45) is 5.41 Å². The van der Waals surface area contributed by atoms with Gasteiger partial charge in [-0.25, -0.2) is 4.79 Å². The van der Waals surface area contributed by atoms with Crippen molar-refractivity contribution in [1.82, 2.24) is 10.2 Å². The molecule has 120 valence electrons. The number of allylic oxidation sites excluding steroid dienone is 3. The second-order valence-electron chi connectivity index (χ2n) is 7.39. The summed E-state index contributed by atoms with van der Waals surface area (Å²) in [7, 11) is 0. The highest BCUT2D eigenvalue weighted by atomic mass is 16.6. The van der Waals surface area contributed by atoms with Crippen LogP contribution in [0.4, 0.5) is 4.79 Å². The minimum atomic E-state index is -0.534. The third-order valence-corrected chi connectivity index (χ3v) is 4.62. The van der Waals surface area contributed by atoms with E-state index in [0.29, 0.717) is 18.5 Å². The lowest BCUT2D eigenvalue weighted by Gasteiger charge is -2.33. The molecule has 3 rings (SSSR count). The Morgan fingerprint density at radius 3 is 2.64 bits per heavy atom. The molecule has 5 nitrogen and oxygen atoms in total. The number of carbonyl (C=O) groups excluding carboxylic acids is 2. The number of ether oxygens (including phenoxy) is 1. The first-order valence-corrected chi connectivity index (χ1v) is 7.98. The first-order chi connectivity index (χ1) is 10.3. The highest BCUT2D eigenvalue weighted by molar-refractivity contribution is 6.06. The van der Waals surface area contributed by atoms with E-state index in [1.165, 1.54) is 0 Å². The van der Waals surface area contributed by atoms with E-state index in [-0.39, 0.29) is 17.3 Å². The number of nitrogens with zero attached hydrogens (tertiary/aromatic N) is 1. The van der Waals surface area contributed by atoms with Gasteiger partial charge in [-0.3, -0.25) is 9.69 Å². The van der Waals surface area contributed by atoms with Gasteiger partial charge in [0.05, 0.1) is 0 Å². The van der Waals surface area contributed by atoms with Gasteiger partial charge in [-0.05, 0) is 46.7 Å². The van der Waals surface area contributed by atoms with Crippen LogP contribution in [-0.4, -0.2) is 42.0 Å². The molecule has 0 aromatic rings. The van der Waals surface area contributed by atoms with E-state index in [2.05, 4.69) is 5.32 Å². The van der Waals surface area contributed by atoms with Crippen LogP contribution in [0, 0.1) is 5.41 Å². The zero-order valence-electron chi connectivity index (χ0n) is 13.6. The van der Waals surface area contributed by atoms with E-state index >= 15 is 0 Å². The van der Waals surface area contributed by atoms with Crippen molar-refractivity contribution in [3.63, 3.8) is 0 Å². The Labute approximate surface area is 131 Å². The fourth-order valence-corrected chi connectivity index (χ4v) is 3.52. The van der Waals surface area contributed by atoms with Crippen molar-refractivity contribution in [2.75, 3.05) is 19.6 Å². The van der Waals surface area contributed by atoms with Crippen molar-refractivity contribution in [3.8, 4) is 0 Å². The summed E-state index contributed by atoms with van der Waals surface area (Å²) in [6.45, 7) is 7.77. The molecule has 1 amide bonds. The summed E-state index contributed by atoms with van der Waals surface area (Å²) in [5, 5.41) is 3.31. The molecule has 0 aromatic carbocycles. The van der Waals surface area contributed by atoms with Gasteiger partial charge in [-0.15, -0.1) is 0 Å². The highest BCUT2D eigenvalue weighted by Crippen LogP contribution is 2.47. The standard InChI is InChI=1S/C17H24N2O3/c1-16(2,3)22-15(21)19-10-4-5-12-13(19)11-17(14(12)20)6-8-18-9-7-17/h4-5,18H,6-11H2,1-3H3. The molecule has 1 spiro atoms. The number of Topliss-reactive ketones (excluding diaryl/α,β-unsaturated/α-hetero) is 1. The monoisotopic (exact) mass is 304 g/mol. The minimum Gasteiger partial charge on any atom is -0.443 e. The van der Waals surface area contributed by atoms with E-state index in [4.69, 9.17) is 4.74 Å². The maximum absolute atomic E-state index is 12.9. The second-order valence-corrected chi connectivity index (χ2v) is 7.39. The molecule has 1 aliphatic carbocycles. The van der Waals surface area contributed by atoms with Crippen LogP contribution in [0.2, 0.25) is 0 Å². The van der Waals surface area contributed by atoms with Crippen LogP contribution >= 0.6 is 0 Å². The molecule has 2 aliphatic heterocycles. The quantitative estimate of drug-likeness (QED) is 0.746. The Kier molecular flexibility index (Phi) is 3.63. The van der Waals surface area contributed by atoms with E-state index in [0.717, 1.165) is 31.6 Å². The Hall–Kier alpha value is -1.62. The minimum absolute atomic E-state index is 0.202. The number of ketones is 1. The van der Waals surface area contributed by atoms with Gasteiger partial charge in [0.15, 0.2) is 5.78 Å². The van der Waals surface area contributed by atoms with Crippen molar-refractivity contribution < 1.29 is 14.3 Å². The van der Waals surface area contributed by atoms with Crippen LogP contribution in [0.15, 0.2) is 23.4 Å². The van der Waals surface area contributed by atoms with Gasteiger partial charge in [0.1, 0.15) is 5.60 Å². The SMILES string of the molecule is CC(C)(C)OC(=O)N1CC=CC2=C1CC1(CCNCC1)C2=O. The van der Waals surface area contributed by atoms with Crippen LogP contribution in [0.5, 0.6) is 0 Å². The summed E-state index contributed by atoms with van der Waals surface area (Å²) in [6.07, 6.45) is 5.75. The molecule has 0 radical (unpaired) electrons. The predicted molar refractivity (Wildman–Crippen MR) is 83.3 cm³/mol. The van der Waals surface area contributed by atoms with Crippen molar-refractivity contribution in [1.29, 1.82) is 0 Å². The van der Waals surface area contributed by atoms with Gasteiger partial charge in [0.2, 0.25) is 0 Å². The molecule has 22 heavy (non-hydrogen) atoms. The predicted octanol–water partition coefficient (Wildman–Crippen LogP) is 2.39. The molecular formula is C17H24N2O3. The third-order valence-electron chi connectivity index (χ3n) is 4.62. The fraction of sp³-hybridized carbons (Fsp3) is 0.647. The van der Waals surface area contributed by atoms with Crippen LogP contribution in [0.1, 0.15) is 40.0 Å². The Morgan fingerprint density at radius 1 is 1.32 bits per heavy atom. The average molecular weight is 304 g/mol. The van der Waals surface area contributed by atoms with E-state index < -0.39 is 5.60 Å². The number of nitrogens with one attached hydrogen (secondary N) is 1. The van der Waals surface area contributed by atoms with Crippen molar-refractivity contribution in [2.45, 2.75) is 45.6 Å². The zero-order valence-corrected chi connectivity index (χ0v) is 13.6. The second kappa shape index (κ2) is 5.23. The van der Waals surface area contributed by atoms with Gasteiger partial charge in [-0.2, -0.15) is 0 Å². The molecule has 1 saturated heterocycles. The number of rotatable bonds is 0. The number of amides is 1. The lowest BCUT2D eigenvalue weighted by molar-refractivity contribution is -0.124. The van der Waals surface area contributed by atoms with Gasteiger partial charge < -0.3 is 10.1 Å². The largest absolute Gasteiger partial charge is 0.443 e. The first-order valence-electron chi connectivity index (χ1n) is 7.98. The maximum atomic E-state index is 12.9. The summed E-state index contributed by atoms with van der Waals surface area (Å²) < 4.78 is 5.49. The summed E-state index contributed by atoms with van der Waals surface area (Å²) in [5.41, 5.74) is 0.710. The summed E-state index contributed by atoms with van der Waals surface area (Å²) >= 11 is 0. The summed E-state index contributed by atoms with van der Waals surface area (Å²) in [5.74, 6) is 0.202. The maximum Gasteiger partial charge on any atom is 0.414 e. The number of carbonyl (C=O) groups is 2. The highest BCUT2D eigenvalue weighted by Gasteiger charge is 2.49. The summed E-state index contributed by atoms with van der Waals surface area (Å²) in [4.78, 5) is 26.9. The van der Waals surface area contributed by atoms with Gasteiger partial charge >= 0.3 is 6.09 Å².